The van der Waals surface area contributed by atoms with Gasteiger partial charge in [0.15, 0.2) is 0 Å². The number of benzene rings is 1. The van der Waals surface area contributed by atoms with Crippen molar-refractivity contribution < 1.29 is 9.59 Å². The molecule has 5 rings (SSSR count). The lowest BCUT2D eigenvalue weighted by atomic mass is 9.84. The van der Waals surface area contributed by atoms with Gasteiger partial charge in [-0.05, 0) is 56.2 Å². The molecule has 0 atom stereocenters. The molecule has 1 aromatic carbocycles. The van der Waals surface area contributed by atoms with E-state index in [0.717, 1.165) is 39.1 Å². The number of aromatic amines is 1. The molecule has 2 amide bonds. The average Bonchev–Trinajstić information content (AvgIpc) is 2.97. The number of nitrogens with zero attached hydrogens (tertiary/aromatic N) is 2. The number of rotatable bonds is 1. The molecule has 0 aliphatic carbocycles. The average molecular weight is 417 g/mol. The summed E-state index contributed by atoms with van der Waals surface area (Å²) < 4.78 is 0. The topological polar surface area (TPSA) is 116 Å². The zero-order chi connectivity index (χ0) is 22.2. The van der Waals surface area contributed by atoms with Crippen molar-refractivity contribution in [3.05, 3.63) is 69.8 Å². The van der Waals surface area contributed by atoms with E-state index in [1.807, 2.05) is 39.0 Å². The summed E-state index contributed by atoms with van der Waals surface area (Å²) in [5.41, 5.74) is 7.33. The third-order valence-electron chi connectivity index (χ3n) is 5.60. The molecule has 0 saturated carbocycles. The summed E-state index contributed by atoms with van der Waals surface area (Å²) in [5, 5.41) is 7.96. The van der Waals surface area contributed by atoms with E-state index in [4.69, 9.17) is 0 Å². The Morgan fingerprint density at radius 3 is 2.55 bits per heavy atom. The van der Waals surface area contributed by atoms with Crippen LogP contribution in [0.1, 0.15) is 43.5 Å². The molecule has 4 heterocycles. The Morgan fingerprint density at radius 2 is 1.81 bits per heavy atom. The smallest absolute Gasteiger partial charge is 0.248 e. The van der Waals surface area contributed by atoms with Crippen molar-refractivity contribution in [2.75, 3.05) is 5.32 Å². The number of hydrogen-bond donors (Lipinski definition) is 3. The van der Waals surface area contributed by atoms with Gasteiger partial charge in [-0.2, -0.15) is 5.10 Å². The van der Waals surface area contributed by atoms with Crippen LogP contribution in [0, 0.1) is 6.92 Å². The van der Waals surface area contributed by atoms with Gasteiger partial charge in [-0.15, -0.1) is 0 Å². The number of fused-ring (bicyclic) bond motifs is 2. The molecule has 2 aliphatic rings. The van der Waals surface area contributed by atoms with Gasteiger partial charge >= 0.3 is 0 Å². The predicted molar refractivity (Wildman–Crippen MR) is 119 cm³/mol. The predicted octanol–water partition coefficient (Wildman–Crippen LogP) is 2.76. The van der Waals surface area contributed by atoms with Gasteiger partial charge < -0.3 is 10.3 Å². The summed E-state index contributed by atoms with van der Waals surface area (Å²) in [6, 6.07) is 10.9. The van der Waals surface area contributed by atoms with Gasteiger partial charge in [0.05, 0.1) is 16.6 Å². The number of aromatic nitrogens is 2. The molecule has 0 bridgehead atoms. The van der Waals surface area contributed by atoms with Gasteiger partial charge in [0.25, 0.3) is 0 Å². The summed E-state index contributed by atoms with van der Waals surface area (Å²) in [5.74, 6) is -0.0411. The maximum absolute atomic E-state index is 11.9. The SMILES string of the molecule is CC1(C)C(=O)Nc2ccc(C3=NNC(=O)CC3)cc21.Cc1nccc2[nH]c(=O)ccc12. The van der Waals surface area contributed by atoms with Crippen molar-refractivity contribution in [2.45, 2.75) is 39.0 Å². The molecular weight excluding hydrogens is 394 g/mol. The first kappa shape index (κ1) is 20.5. The number of anilines is 1. The lowest BCUT2D eigenvalue weighted by Gasteiger charge is -2.17. The van der Waals surface area contributed by atoms with Crippen LogP contribution < -0.4 is 16.3 Å². The Labute approximate surface area is 178 Å². The number of carbonyl (C=O) groups is 2. The first-order valence-electron chi connectivity index (χ1n) is 10.0. The summed E-state index contributed by atoms with van der Waals surface area (Å²) in [4.78, 5) is 40.8. The van der Waals surface area contributed by atoms with Crippen molar-refractivity contribution in [3.63, 3.8) is 0 Å². The van der Waals surface area contributed by atoms with Crippen LogP contribution in [0.25, 0.3) is 10.9 Å². The number of nitrogens with one attached hydrogen (secondary N) is 3. The van der Waals surface area contributed by atoms with E-state index in [9.17, 15) is 14.4 Å². The molecule has 8 heteroatoms. The highest BCUT2D eigenvalue weighted by Crippen LogP contribution is 2.38. The van der Waals surface area contributed by atoms with Gasteiger partial charge in [-0.3, -0.25) is 19.4 Å². The standard InChI is InChI=1S/C14H15N3O2.C9H8N2O/c1-14(2)9-7-8(3-4-11(9)15-13(14)19)10-5-6-12(18)17-16-10;1-6-7-2-3-9(12)11-8(7)4-5-10-6/h3-4,7H,5-6H2,1-2H3,(H,15,19)(H,17,18);2-5H,1H3,(H,11,12). The van der Waals surface area contributed by atoms with Crippen LogP contribution in [0.4, 0.5) is 5.69 Å². The number of amides is 2. The first-order chi connectivity index (χ1) is 14.8. The molecule has 0 radical (unpaired) electrons. The highest BCUT2D eigenvalue weighted by Gasteiger charge is 2.38. The number of aryl methyl sites for hydroxylation is 1. The molecule has 31 heavy (non-hydrogen) atoms. The van der Waals surface area contributed by atoms with Crippen LogP contribution in [0.2, 0.25) is 0 Å². The third kappa shape index (κ3) is 3.96. The molecule has 3 N–H and O–H groups in total. The minimum Gasteiger partial charge on any atom is -0.325 e. The Kier molecular flexibility index (Phi) is 5.14. The van der Waals surface area contributed by atoms with Crippen LogP contribution in [-0.2, 0) is 15.0 Å². The van der Waals surface area contributed by atoms with Crippen molar-refractivity contribution in [1.82, 2.24) is 15.4 Å². The van der Waals surface area contributed by atoms with Crippen molar-refractivity contribution >= 4 is 34.1 Å². The minimum absolute atomic E-state index is 0.0125. The van der Waals surface area contributed by atoms with Crippen LogP contribution in [0.5, 0.6) is 0 Å². The monoisotopic (exact) mass is 417 g/mol. The molecule has 0 fully saturated rings. The highest BCUT2D eigenvalue weighted by molar-refractivity contribution is 6.08. The summed E-state index contributed by atoms with van der Waals surface area (Å²) in [6.07, 6.45) is 2.77. The highest BCUT2D eigenvalue weighted by atomic mass is 16.2. The van der Waals surface area contributed by atoms with E-state index >= 15 is 0 Å². The van der Waals surface area contributed by atoms with E-state index < -0.39 is 5.41 Å². The van der Waals surface area contributed by atoms with Gasteiger partial charge in [-0.1, -0.05) is 6.07 Å². The van der Waals surface area contributed by atoms with E-state index in [1.54, 1.807) is 18.3 Å². The molecular formula is C23H23N5O3. The van der Waals surface area contributed by atoms with Gasteiger partial charge in [0.1, 0.15) is 0 Å². The number of hydrogen-bond acceptors (Lipinski definition) is 5. The normalized spacial score (nSPS) is 16.5. The molecule has 8 nitrogen and oxygen atoms in total. The summed E-state index contributed by atoms with van der Waals surface area (Å²) in [6.45, 7) is 5.73. The summed E-state index contributed by atoms with van der Waals surface area (Å²) in [7, 11) is 0. The first-order valence-corrected chi connectivity index (χ1v) is 10.0. The summed E-state index contributed by atoms with van der Waals surface area (Å²) >= 11 is 0. The number of H-pyrrole nitrogens is 1. The maximum Gasteiger partial charge on any atom is 0.248 e. The van der Waals surface area contributed by atoms with Crippen molar-refractivity contribution in [3.8, 4) is 0 Å². The largest absolute Gasteiger partial charge is 0.325 e. The van der Waals surface area contributed by atoms with Crippen LogP contribution in [0.3, 0.4) is 0 Å². The Morgan fingerprint density at radius 1 is 1.00 bits per heavy atom. The van der Waals surface area contributed by atoms with Gasteiger partial charge in [-0.25, -0.2) is 5.43 Å². The second-order valence-electron chi connectivity index (χ2n) is 8.11. The van der Waals surface area contributed by atoms with E-state index in [-0.39, 0.29) is 17.4 Å². The molecule has 0 spiro atoms. The molecule has 3 aromatic rings. The fourth-order valence-electron chi connectivity index (χ4n) is 3.66. The zero-order valence-corrected chi connectivity index (χ0v) is 17.6. The Hall–Kier alpha value is -3.81. The lowest BCUT2D eigenvalue weighted by molar-refractivity contribution is -0.121. The molecule has 2 aromatic heterocycles. The Bertz CT molecular complexity index is 1290. The second-order valence-corrected chi connectivity index (χ2v) is 8.11. The van der Waals surface area contributed by atoms with E-state index in [2.05, 4.69) is 25.8 Å². The molecule has 2 aliphatic heterocycles. The van der Waals surface area contributed by atoms with Crippen LogP contribution in [-0.4, -0.2) is 27.5 Å². The van der Waals surface area contributed by atoms with E-state index in [1.165, 1.54) is 6.07 Å². The quantitative estimate of drug-likeness (QED) is 0.564. The fraction of sp³-hybridized carbons (Fsp3) is 0.261. The number of pyridine rings is 2. The minimum atomic E-state index is -0.524. The zero-order valence-electron chi connectivity index (χ0n) is 17.6. The third-order valence-corrected chi connectivity index (χ3v) is 5.60. The van der Waals surface area contributed by atoms with Crippen molar-refractivity contribution in [2.24, 2.45) is 5.10 Å². The van der Waals surface area contributed by atoms with Crippen molar-refractivity contribution in [1.29, 1.82) is 0 Å². The molecule has 0 unspecified atom stereocenters. The fourth-order valence-corrected chi connectivity index (χ4v) is 3.66. The maximum atomic E-state index is 11.9. The number of hydrazone groups is 1. The van der Waals surface area contributed by atoms with E-state index in [0.29, 0.717) is 12.8 Å². The lowest BCUT2D eigenvalue weighted by Crippen LogP contribution is -2.27. The van der Waals surface area contributed by atoms with Gasteiger partial charge in [0.2, 0.25) is 17.4 Å². The van der Waals surface area contributed by atoms with Crippen LogP contribution >= 0.6 is 0 Å². The molecule has 0 saturated heterocycles. The van der Waals surface area contributed by atoms with Crippen LogP contribution in [0.15, 0.2) is 52.5 Å². The number of carbonyl (C=O) groups excluding carboxylic acids is 2. The second kappa shape index (κ2) is 7.79. The molecule has 158 valence electrons. The Balaban J connectivity index is 0.000000166. The van der Waals surface area contributed by atoms with Gasteiger partial charge in [0, 0.05) is 41.9 Å².